The quantitative estimate of drug-likeness (QED) is 0.681. The van der Waals surface area contributed by atoms with E-state index in [9.17, 15) is 9.59 Å². The molecule has 0 aliphatic heterocycles. The molecule has 6 nitrogen and oxygen atoms in total. The van der Waals surface area contributed by atoms with Gasteiger partial charge in [-0.15, -0.1) is 0 Å². The molecule has 0 spiro atoms. The lowest BCUT2D eigenvalue weighted by atomic mass is 10.3. The van der Waals surface area contributed by atoms with E-state index < -0.39 is 11.9 Å². The highest BCUT2D eigenvalue weighted by Crippen LogP contribution is 2.07. The van der Waals surface area contributed by atoms with Crippen LogP contribution in [0.5, 0.6) is 0 Å². The number of carbonyl (C=O) groups excluding carboxylic acids is 2. The molecule has 0 atom stereocenters. The van der Waals surface area contributed by atoms with Crippen molar-refractivity contribution >= 4 is 18.1 Å². The molecular weight excluding hydrogens is 200 g/mol. The number of rotatable bonds is 3. The molecule has 0 radical (unpaired) electrons. The molecule has 1 aromatic rings. The molecule has 1 heterocycles. The number of hydrogen-bond donors (Lipinski definition) is 0. The Morgan fingerprint density at radius 2 is 2.00 bits per heavy atom. The van der Waals surface area contributed by atoms with Crippen LogP contribution in [0.1, 0.15) is 21.0 Å². The third kappa shape index (κ3) is 2.04. The molecule has 0 amide bonds. The minimum Gasteiger partial charge on any atom is -0.464 e. The number of nitrogens with zero attached hydrogens (tertiary/aromatic N) is 2. The van der Waals surface area contributed by atoms with Crippen LogP contribution in [-0.4, -0.2) is 35.9 Å². The summed E-state index contributed by atoms with van der Waals surface area (Å²) in [5, 5.41) is 3.79. The Hall–Kier alpha value is -2.11. The fourth-order valence-electron chi connectivity index (χ4n) is 0.995. The maximum atomic E-state index is 11.2. The van der Waals surface area contributed by atoms with Crippen molar-refractivity contribution in [2.45, 2.75) is 0 Å². The topological polar surface area (TPSA) is 70.4 Å². The van der Waals surface area contributed by atoms with E-state index in [4.69, 9.17) is 0 Å². The van der Waals surface area contributed by atoms with Crippen LogP contribution in [0.4, 0.5) is 0 Å². The molecule has 0 aliphatic carbocycles. The molecule has 0 saturated heterocycles. The van der Waals surface area contributed by atoms with E-state index in [2.05, 4.69) is 21.2 Å². The maximum absolute atomic E-state index is 11.2. The third-order valence-electron chi connectivity index (χ3n) is 1.70. The fourth-order valence-corrected chi connectivity index (χ4v) is 0.995. The summed E-state index contributed by atoms with van der Waals surface area (Å²) in [5.41, 5.74) is 0.144. The van der Waals surface area contributed by atoms with Gasteiger partial charge >= 0.3 is 11.9 Å². The number of methoxy groups -OCH3 is 2. The van der Waals surface area contributed by atoms with Gasteiger partial charge in [0.2, 0.25) is 0 Å². The summed E-state index contributed by atoms with van der Waals surface area (Å²) in [7, 11) is 2.47. The molecule has 15 heavy (non-hydrogen) atoms. The Bertz CT molecular complexity index is 408. The lowest BCUT2D eigenvalue weighted by molar-refractivity contribution is 0.0585. The average Bonchev–Trinajstić information content (AvgIpc) is 2.70. The Morgan fingerprint density at radius 3 is 2.47 bits per heavy atom. The molecule has 0 N–H and O–H groups in total. The molecule has 0 saturated carbocycles. The van der Waals surface area contributed by atoms with Crippen molar-refractivity contribution in [2.24, 2.45) is 0 Å². The van der Waals surface area contributed by atoms with Gasteiger partial charge in [0.05, 0.1) is 14.2 Å². The standard InChI is InChI=1S/C9H10N2O4/c1-4-11-7(9(13)15-3)5-6(10-11)8(12)14-2/h4-5H,1H2,2-3H3. The van der Waals surface area contributed by atoms with Crippen molar-refractivity contribution in [3.8, 4) is 0 Å². The highest BCUT2D eigenvalue weighted by Gasteiger charge is 2.18. The number of esters is 2. The molecule has 0 bridgehead atoms. The second-order valence-electron chi connectivity index (χ2n) is 2.53. The Labute approximate surface area is 86.1 Å². The minimum atomic E-state index is -0.624. The molecule has 80 valence electrons. The van der Waals surface area contributed by atoms with E-state index in [1.807, 2.05) is 0 Å². The zero-order chi connectivity index (χ0) is 11.4. The number of carbonyl (C=O) groups is 2. The van der Waals surface area contributed by atoms with Gasteiger partial charge in [0, 0.05) is 12.3 Å². The van der Waals surface area contributed by atoms with Crippen LogP contribution in [0.3, 0.4) is 0 Å². The van der Waals surface area contributed by atoms with Gasteiger partial charge in [-0.2, -0.15) is 5.10 Å². The van der Waals surface area contributed by atoms with E-state index >= 15 is 0 Å². The smallest absolute Gasteiger partial charge is 0.358 e. The minimum absolute atomic E-state index is 0.0257. The summed E-state index contributed by atoms with van der Waals surface area (Å²) in [5.74, 6) is -1.22. The lowest BCUT2D eigenvalue weighted by Crippen LogP contribution is -2.07. The summed E-state index contributed by atoms with van der Waals surface area (Å²) in [6.07, 6.45) is 1.29. The second kappa shape index (κ2) is 4.41. The van der Waals surface area contributed by atoms with Crippen molar-refractivity contribution < 1.29 is 19.1 Å². The van der Waals surface area contributed by atoms with Crippen LogP contribution in [0.2, 0.25) is 0 Å². The van der Waals surface area contributed by atoms with Gasteiger partial charge in [0.25, 0.3) is 0 Å². The van der Waals surface area contributed by atoms with Crippen molar-refractivity contribution in [2.75, 3.05) is 14.2 Å². The van der Waals surface area contributed by atoms with Gasteiger partial charge in [-0.3, -0.25) is 0 Å². The first kappa shape index (κ1) is 11.0. The highest BCUT2D eigenvalue weighted by atomic mass is 16.5. The van der Waals surface area contributed by atoms with E-state index in [0.29, 0.717) is 0 Å². The summed E-state index contributed by atoms with van der Waals surface area (Å²) in [6, 6.07) is 1.28. The van der Waals surface area contributed by atoms with E-state index in [1.54, 1.807) is 0 Å². The molecule has 1 aromatic heterocycles. The normalized spacial score (nSPS) is 9.47. The summed E-state index contributed by atoms with van der Waals surface area (Å²) in [4.78, 5) is 22.4. The molecule has 0 aromatic carbocycles. The van der Waals surface area contributed by atoms with Gasteiger partial charge in [-0.1, -0.05) is 6.58 Å². The van der Waals surface area contributed by atoms with Gasteiger partial charge < -0.3 is 9.47 Å². The summed E-state index contributed by atoms with van der Waals surface area (Å²) in [6.45, 7) is 3.45. The average molecular weight is 210 g/mol. The van der Waals surface area contributed by atoms with Crippen LogP contribution in [0.25, 0.3) is 6.20 Å². The molecule has 6 heteroatoms. The van der Waals surface area contributed by atoms with Gasteiger partial charge in [0.1, 0.15) is 0 Å². The van der Waals surface area contributed by atoms with Crippen molar-refractivity contribution in [1.29, 1.82) is 0 Å². The Balaban J connectivity index is 3.16. The number of hydrogen-bond acceptors (Lipinski definition) is 5. The predicted octanol–water partition coefficient (Wildman–Crippen LogP) is 0.557. The van der Waals surface area contributed by atoms with E-state index in [1.165, 1.54) is 26.5 Å². The zero-order valence-electron chi connectivity index (χ0n) is 8.39. The maximum Gasteiger partial charge on any atom is 0.358 e. The summed E-state index contributed by atoms with van der Waals surface area (Å²) < 4.78 is 10.1. The first-order valence-corrected chi connectivity index (χ1v) is 4.02. The second-order valence-corrected chi connectivity index (χ2v) is 2.53. The zero-order valence-corrected chi connectivity index (χ0v) is 8.39. The first-order valence-electron chi connectivity index (χ1n) is 4.02. The SMILES string of the molecule is C=Cn1nc(C(=O)OC)cc1C(=O)OC. The van der Waals surface area contributed by atoms with Crippen LogP contribution < -0.4 is 0 Å². The van der Waals surface area contributed by atoms with Crippen LogP contribution in [-0.2, 0) is 9.47 Å². The monoisotopic (exact) mass is 210 g/mol. The van der Waals surface area contributed by atoms with E-state index in [-0.39, 0.29) is 11.4 Å². The Morgan fingerprint density at radius 1 is 1.40 bits per heavy atom. The fraction of sp³-hybridized carbons (Fsp3) is 0.222. The molecular formula is C9H10N2O4. The Kier molecular flexibility index (Phi) is 3.22. The lowest BCUT2D eigenvalue weighted by Gasteiger charge is -1.97. The van der Waals surface area contributed by atoms with E-state index in [0.717, 1.165) is 4.68 Å². The molecule has 0 unspecified atom stereocenters. The highest BCUT2D eigenvalue weighted by molar-refractivity contribution is 5.93. The van der Waals surface area contributed by atoms with Crippen LogP contribution in [0.15, 0.2) is 12.6 Å². The van der Waals surface area contributed by atoms with Gasteiger partial charge in [0.15, 0.2) is 11.4 Å². The third-order valence-corrected chi connectivity index (χ3v) is 1.70. The molecule has 0 fully saturated rings. The van der Waals surface area contributed by atoms with Gasteiger partial charge in [-0.25, -0.2) is 14.3 Å². The van der Waals surface area contributed by atoms with Gasteiger partial charge in [-0.05, 0) is 0 Å². The predicted molar refractivity (Wildman–Crippen MR) is 51.3 cm³/mol. The van der Waals surface area contributed by atoms with Crippen LogP contribution in [0, 0.1) is 0 Å². The number of aromatic nitrogens is 2. The van der Waals surface area contributed by atoms with Crippen LogP contribution >= 0.6 is 0 Å². The van der Waals surface area contributed by atoms with Crippen molar-refractivity contribution in [3.05, 3.63) is 24.0 Å². The van der Waals surface area contributed by atoms with Crippen molar-refractivity contribution in [1.82, 2.24) is 9.78 Å². The largest absolute Gasteiger partial charge is 0.464 e. The molecule has 1 rings (SSSR count). The molecule has 0 aliphatic rings. The first-order chi connectivity index (χ1) is 7.13. The summed E-state index contributed by atoms with van der Waals surface area (Å²) >= 11 is 0. The number of ether oxygens (including phenoxy) is 2. The van der Waals surface area contributed by atoms with Crippen molar-refractivity contribution in [3.63, 3.8) is 0 Å².